The molecule has 15 heavy (non-hydrogen) atoms. The molecule has 86 valence electrons. The van der Waals surface area contributed by atoms with E-state index < -0.39 is 0 Å². The summed E-state index contributed by atoms with van der Waals surface area (Å²) in [5.74, 6) is 0. The second-order valence-electron chi connectivity index (χ2n) is 4.74. The molecule has 0 aliphatic rings. The van der Waals surface area contributed by atoms with E-state index in [0.717, 1.165) is 12.1 Å². The molecule has 1 rings (SSSR count). The van der Waals surface area contributed by atoms with Gasteiger partial charge in [0.2, 0.25) is 0 Å². The molecule has 1 heterocycles. The molecule has 0 bridgehead atoms. The van der Waals surface area contributed by atoms with Crippen LogP contribution in [0.4, 0.5) is 0 Å². The Morgan fingerprint density at radius 1 is 1.53 bits per heavy atom. The van der Waals surface area contributed by atoms with Gasteiger partial charge in [0.15, 0.2) is 0 Å². The van der Waals surface area contributed by atoms with E-state index in [1.54, 1.807) is 4.68 Å². The third kappa shape index (κ3) is 2.76. The van der Waals surface area contributed by atoms with Crippen molar-refractivity contribution in [2.45, 2.75) is 31.8 Å². The Labute approximate surface area is 91.2 Å². The van der Waals surface area contributed by atoms with E-state index in [1.165, 1.54) is 0 Å². The smallest absolute Gasteiger partial charge is 0.0843 e. The maximum Gasteiger partial charge on any atom is 0.0843 e. The molecular formula is C10H21N5. The molecule has 1 atom stereocenters. The number of hydrogen-bond donors (Lipinski definition) is 1. The average Bonchev–Trinajstić information content (AvgIpc) is 2.50. The lowest BCUT2D eigenvalue weighted by molar-refractivity contribution is 0.157. The van der Waals surface area contributed by atoms with Crippen LogP contribution >= 0.6 is 0 Å². The summed E-state index contributed by atoms with van der Waals surface area (Å²) in [5, 5.41) is 7.94. The van der Waals surface area contributed by atoms with Gasteiger partial charge in [-0.25, -0.2) is 0 Å². The van der Waals surface area contributed by atoms with Crippen molar-refractivity contribution in [1.82, 2.24) is 19.9 Å². The first-order valence-electron chi connectivity index (χ1n) is 5.12. The molecule has 0 aromatic carbocycles. The Bertz CT molecular complexity index is 315. The second kappa shape index (κ2) is 4.28. The van der Waals surface area contributed by atoms with Crippen LogP contribution in [0.2, 0.25) is 0 Å². The maximum absolute atomic E-state index is 6.17. The van der Waals surface area contributed by atoms with E-state index >= 15 is 0 Å². The SMILES string of the molecule is CN(C)C(C)(C)C(N)Cc1cn(C)nn1. The van der Waals surface area contributed by atoms with E-state index in [-0.39, 0.29) is 11.6 Å². The highest BCUT2D eigenvalue weighted by molar-refractivity contribution is 5.01. The summed E-state index contributed by atoms with van der Waals surface area (Å²) in [5.41, 5.74) is 7.08. The quantitative estimate of drug-likeness (QED) is 0.763. The normalized spacial score (nSPS) is 14.6. The van der Waals surface area contributed by atoms with Crippen molar-refractivity contribution < 1.29 is 0 Å². The molecule has 0 fully saturated rings. The van der Waals surface area contributed by atoms with Gasteiger partial charge in [-0.15, -0.1) is 5.10 Å². The number of rotatable bonds is 4. The van der Waals surface area contributed by atoms with Crippen molar-refractivity contribution in [3.8, 4) is 0 Å². The first-order valence-corrected chi connectivity index (χ1v) is 5.12. The molecule has 0 aliphatic carbocycles. The van der Waals surface area contributed by atoms with E-state index in [2.05, 4.69) is 29.1 Å². The molecule has 0 saturated carbocycles. The van der Waals surface area contributed by atoms with E-state index in [0.29, 0.717) is 0 Å². The zero-order valence-corrected chi connectivity index (χ0v) is 10.2. The lowest BCUT2D eigenvalue weighted by Crippen LogP contribution is -2.54. The van der Waals surface area contributed by atoms with Crippen LogP contribution in [0.1, 0.15) is 19.5 Å². The van der Waals surface area contributed by atoms with Crippen LogP contribution in [0.5, 0.6) is 0 Å². The van der Waals surface area contributed by atoms with Crippen molar-refractivity contribution in [3.63, 3.8) is 0 Å². The second-order valence-corrected chi connectivity index (χ2v) is 4.74. The summed E-state index contributed by atoms with van der Waals surface area (Å²) >= 11 is 0. The Kier molecular flexibility index (Phi) is 3.46. The fourth-order valence-corrected chi connectivity index (χ4v) is 1.30. The van der Waals surface area contributed by atoms with Gasteiger partial charge in [0, 0.05) is 31.2 Å². The van der Waals surface area contributed by atoms with Crippen LogP contribution in [0.25, 0.3) is 0 Å². The Balaban J connectivity index is 2.67. The van der Waals surface area contributed by atoms with Crippen molar-refractivity contribution in [2.24, 2.45) is 12.8 Å². The summed E-state index contributed by atoms with van der Waals surface area (Å²) in [6.45, 7) is 4.27. The molecule has 0 radical (unpaired) electrons. The predicted octanol–water partition coefficient (Wildman–Crippen LogP) is 0.0251. The summed E-state index contributed by atoms with van der Waals surface area (Å²) in [4.78, 5) is 2.13. The third-order valence-electron chi connectivity index (χ3n) is 3.14. The zero-order chi connectivity index (χ0) is 11.6. The van der Waals surface area contributed by atoms with Crippen molar-refractivity contribution in [3.05, 3.63) is 11.9 Å². The topological polar surface area (TPSA) is 60.0 Å². The lowest BCUT2D eigenvalue weighted by atomic mass is 9.90. The number of nitrogens with zero attached hydrogens (tertiary/aromatic N) is 4. The van der Waals surface area contributed by atoms with Crippen molar-refractivity contribution >= 4 is 0 Å². The predicted molar refractivity (Wildman–Crippen MR) is 60.4 cm³/mol. The Morgan fingerprint density at radius 2 is 2.13 bits per heavy atom. The minimum Gasteiger partial charge on any atom is -0.326 e. The number of hydrogen-bond acceptors (Lipinski definition) is 4. The number of likely N-dealkylation sites (N-methyl/N-ethyl adjacent to an activating group) is 1. The van der Waals surface area contributed by atoms with Gasteiger partial charge in [-0.05, 0) is 27.9 Å². The molecule has 1 aromatic heterocycles. The largest absolute Gasteiger partial charge is 0.326 e. The summed E-state index contributed by atoms with van der Waals surface area (Å²) in [6.07, 6.45) is 2.66. The van der Waals surface area contributed by atoms with Gasteiger partial charge in [0.05, 0.1) is 5.69 Å². The molecule has 0 spiro atoms. The van der Waals surface area contributed by atoms with Crippen LogP contribution in [0, 0.1) is 0 Å². The van der Waals surface area contributed by atoms with Crippen LogP contribution < -0.4 is 5.73 Å². The van der Waals surface area contributed by atoms with Gasteiger partial charge in [0.25, 0.3) is 0 Å². The Morgan fingerprint density at radius 3 is 2.53 bits per heavy atom. The minimum atomic E-state index is -0.0441. The van der Waals surface area contributed by atoms with Gasteiger partial charge < -0.3 is 10.6 Å². The van der Waals surface area contributed by atoms with E-state index in [9.17, 15) is 0 Å². The molecule has 0 aliphatic heterocycles. The fraction of sp³-hybridized carbons (Fsp3) is 0.800. The standard InChI is InChI=1S/C10H21N5/c1-10(2,14(3)4)9(11)6-8-7-15(5)13-12-8/h7,9H,6,11H2,1-5H3. The lowest BCUT2D eigenvalue weighted by Gasteiger charge is -2.37. The van der Waals surface area contributed by atoms with Gasteiger partial charge in [-0.2, -0.15) is 0 Å². The monoisotopic (exact) mass is 211 g/mol. The number of nitrogens with two attached hydrogens (primary N) is 1. The van der Waals surface area contributed by atoms with Crippen LogP contribution in [-0.4, -0.2) is 45.6 Å². The highest BCUT2D eigenvalue weighted by atomic mass is 15.4. The van der Waals surface area contributed by atoms with Gasteiger partial charge >= 0.3 is 0 Å². The van der Waals surface area contributed by atoms with Crippen LogP contribution in [0.3, 0.4) is 0 Å². The van der Waals surface area contributed by atoms with Gasteiger partial charge in [0.1, 0.15) is 0 Å². The van der Waals surface area contributed by atoms with Gasteiger partial charge in [-0.1, -0.05) is 5.21 Å². The highest BCUT2D eigenvalue weighted by Crippen LogP contribution is 2.16. The van der Waals surface area contributed by atoms with Crippen LogP contribution in [-0.2, 0) is 13.5 Å². The van der Waals surface area contributed by atoms with Crippen molar-refractivity contribution in [1.29, 1.82) is 0 Å². The van der Waals surface area contributed by atoms with E-state index in [4.69, 9.17) is 5.73 Å². The van der Waals surface area contributed by atoms with Gasteiger partial charge in [-0.3, -0.25) is 4.68 Å². The molecule has 5 heteroatoms. The Hall–Kier alpha value is -0.940. The molecular weight excluding hydrogens is 190 g/mol. The summed E-state index contributed by atoms with van der Waals surface area (Å²) in [7, 11) is 5.94. The number of aromatic nitrogens is 3. The van der Waals surface area contributed by atoms with Crippen molar-refractivity contribution in [2.75, 3.05) is 14.1 Å². The molecule has 2 N–H and O–H groups in total. The summed E-state index contributed by atoms with van der Waals surface area (Å²) < 4.78 is 1.70. The summed E-state index contributed by atoms with van der Waals surface area (Å²) in [6, 6.07) is 0.0456. The number of aryl methyl sites for hydroxylation is 1. The molecule has 1 aromatic rings. The highest BCUT2D eigenvalue weighted by Gasteiger charge is 2.29. The fourth-order valence-electron chi connectivity index (χ4n) is 1.30. The van der Waals surface area contributed by atoms with E-state index in [1.807, 2.05) is 27.3 Å². The maximum atomic E-state index is 6.17. The molecule has 0 saturated heterocycles. The zero-order valence-electron chi connectivity index (χ0n) is 10.2. The average molecular weight is 211 g/mol. The molecule has 5 nitrogen and oxygen atoms in total. The first kappa shape index (κ1) is 12.1. The third-order valence-corrected chi connectivity index (χ3v) is 3.14. The van der Waals surface area contributed by atoms with Crippen LogP contribution in [0.15, 0.2) is 6.20 Å². The first-order chi connectivity index (χ1) is 6.84. The molecule has 0 amide bonds. The minimum absolute atomic E-state index is 0.0441. The molecule has 1 unspecified atom stereocenters.